The molecular formula is C26H32N6. The lowest BCUT2D eigenvalue weighted by Gasteiger charge is -2.34. The molecule has 4 rings (SSSR count). The molecule has 0 aliphatic heterocycles. The number of hydrogen-bond donors (Lipinski definition) is 1. The highest BCUT2D eigenvalue weighted by molar-refractivity contribution is 6.10. The van der Waals surface area contributed by atoms with Crippen LogP contribution >= 0.6 is 0 Å². The minimum atomic E-state index is -0.111. The number of aryl methyl sites for hydroxylation is 2. The summed E-state index contributed by atoms with van der Waals surface area (Å²) in [5.41, 5.74) is 13.6. The first-order valence-corrected chi connectivity index (χ1v) is 11.2. The van der Waals surface area contributed by atoms with Crippen LogP contribution in [0.15, 0.2) is 71.5 Å². The van der Waals surface area contributed by atoms with E-state index < -0.39 is 0 Å². The van der Waals surface area contributed by atoms with E-state index in [0.717, 1.165) is 64.5 Å². The van der Waals surface area contributed by atoms with E-state index in [4.69, 9.17) is 10.7 Å². The van der Waals surface area contributed by atoms with Crippen LogP contribution in [0.25, 0.3) is 5.65 Å². The molecule has 1 saturated carbocycles. The molecule has 1 aliphatic carbocycles. The molecule has 32 heavy (non-hydrogen) atoms. The summed E-state index contributed by atoms with van der Waals surface area (Å²) in [6.07, 6.45) is 6.96. The summed E-state index contributed by atoms with van der Waals surface area (Å²) in [5.74, 6) is 0.862. The number of aromatic nitrogens is 3. The molecule has 2 N–H and O–H groups in total. The Morgan fingerprint density at radius 3 is 2.62 bits per heavy atom. The van der Waals surface area contributed by atoms with Crippen molar-refractivity contribution in [2.75, 3.05) is 11.9 Å². The van der Waals surface area contributed by atoms with Gasteiger partial charge in [0.2, 0.25) is 0 Å². The Bertz CT molecular complexity index is 1180. The van der Waals surface area contributed by atoms with Crippen molar-refractivity contribution in [3.05, 3.63) is 83.5 Å². The highest BCUT2D eigenvalue weighted by atomic mass is 15.3. The second-order valence-electron chi connectivity index (χ2n) is 8.49. The van der Waals surface area contributed by atoms with E-state index in [2.05, 4.69) is 79.1 Å². The van der Waals surface area contributed by atoms with Crippen LogP contribution in [0, 0.1) is 13.8 Å². The predicted molar refractivity (Wildman–Crippen MR) is 132 cm³/mol. The zero-order valence-electron chi connectivity index (χ0n) is 19.4. The van der Waals surface area contributed by atoms with Crippen molar-refractivity contribution < 1.29 is 0 Å². The molecule has 6 nitrogen and oxygen atoms in total. The van der Waals surface area contributed by atoms with E-state index in [-0.39, 0.29) is 6.04 Å². The zero-order valence-corrected chi connectivity index (χ0v) is 19.4. The monoisotopic (exact) mass is 428 g/mol. The second kappa shape index (κ2) is 8.99. The fourth-order valence-electron chi connectivity index (χ4n) is 4.11. The van der Waals surface area contributed by atoms with Gasteiger partial charge in [-0.15, -0.1) is 10.2 Å². The van der Waals surface area contributed by atoms with Crippen LogP contribution in [0.5, 0.6) is 0 Å². The number of fused-ring (bicyclic) bond motifs is 1. The van der Waals surface area contributed by atoms with E-state index in [1.54, 1.807) is 0 Å². The molecule has 2 heterocycles. The van der Waals surface area contributed by atoms with Gasteiger partial charge in [-0.3, -0.25) is 9.39 Å². The molecule has 0 spiro atoms. The summed E-state index contributed by atoms with van der Waals surface area (Å²) in [6, 6.07) is 12.9. The van der Waals surface area contributed by atoms with Gasteiger partial charge in [0.25, 0.3) is 0 Å². The van der Waals surface area contributed by atoms with Crippen molar-refractivity contribution in [3.63, 3.8) is 0 Å². The maximum atomic E-state index is 6.67. The summed E-state index contributed by atoms with van der Waals surface area (Å²) < 4.78 is 2.04. The Hall–Kier alpha value is -3.41. The van der Waals surface area contributed by atoms with Crippen LogP contribution in [-0.2, 0) is 0 Å². The third-order valence-corrected chi connectivity index (χ3v) is 6.09. The lowest BCUT2D eigenvalue weighted by atomic mass is 9.90. The van der Waals surface area contributed by atoms with Gasteiger partial charge in [-0.1, -0.05) is 43.8 Å². The molecule has 1 unspecified atom stereocenters. The number of pyridine rings is 1. The quantitative estimate of drug-likeness (QED) is 0.516. The van der Waals surface area contributed by atoms with Crippen molar-refractivity contribution in [3.8, 4) is 0 Å². The molecule has 1 atom stereocenters. The van der Waals surface area contributed by atoms with Crippen molar-refractivity contribution in [1.82, 2.24) is 14.6 Å². The molecule has 0 amide bonds. The first kappa shape index (κ1) is 21.8. The van der Waals surface area contributed by atoms with E-state index in [1.807, 2.05) is 23.5 Å². The van der Waals surface area contributed by atoms with E-state index in [9.17, 15) is 0 Å². The molecule has 3 aromatic rings. The predicted octanol–water partition coefficient (Wildman–Crippen LogP) is 4.94. The average molecular weight is 429 g/mol. The van der Waals surface area contributed by atoms with Crippen molar-refractivity contribution >= 4 is 17.0 Å². The Balaban J connectivity index is 1.90. The molecule has 0 radical (unpaired) electrons. The van der Waals surface area contributed by atoms with Gasteiger partial charge in [0, 0.05) is 24.5 Å². The SMILES string of the molecule is C=CC(=NC1CC1)C(=C(N)CC)C(c1ccccc1)N(C)c1cc(C)c2nnc(C)n2c1. The normalized spacial score (nSPS) is 16.1. The minimum absolute atomic E-state index is 0.111. The van der Waals surface area contributed by atoms with Crippen LogP contribution in [0.3, 0.4) is 0 Å². The smallest absolute Gasteiger partial charge is 0.163 e. The summed E-state index contributed by atoms with van der Waals surface area (Å²) in [5, 5.41) is 8.56. The summed E-state index contributed by atoms with van der Waals surface area (Å²) in [7, 11) is 2.11. The number of aliphatic imine (C=N–C) groups is 1. The number of nitrogens with two attached hydrogens (primary N) is 1. The number of allylic oxidation sites excluding steroid dienone is 2. The number of rotatable bonds is 8. The lowest BCUT2D eigenvalue weighted by molar-refractivity contribution is 0.768. The number of benzene rings is 1. The maximum absolute atomic E-state index is 6.67. The molecule has 1 aromatic carbocycles. The van der Waals surface area contributed by atoms with Gasteiger partial charge in [0.1, 0.15) is 5.82 Å². The number of hydrogen-bond acceptors (Lipinski definition) is 5. The fourth-order valence-corrected chi connectivity index (χ4v) is 4.11. The van der Waals surface area contributed by atoms with Crippen LogP contribution in [0.1, 0.15) is 49.2 Å². The van der Waals surface area contributed by atoms with Gasteiger partial charge in [-0.05, 0) is 56.4 Å². The van der Waals surface area contributed by atoms with Gasteiger partial charge in [-0.25, -0.2) is 0 Å². The molecule has 6 heteroatoms. The molecule has 2 aromatic heterocycles. The van der Waals surface area contributed by atoms with Crippen LogP contribution in [-0.4, -0.2) is 33.4 Å². The summed E-state index contributed by atoms with van der Waals surface area (Å²) in [6.45, 7) is 10.2. The van der Waals surface area contributed by atoms with Crippen LogP contribution in [0.2, 0.25) is 0 Å². The first-order valence-electron chi connectivity index (χ1n) is 11.2. The molecule has 166 valence electrons. The number of anilines is 1. The third kappa shape index (κ3) is 4.17. The third-order valence-electron chi connectivity index (χ3n) is 6.09. The highest BCUT2D eigenvalue weighted by Gasteiger charge is 2.29. The van der Waals surface area contributed by atoms with Crippen molar-refractivity contribution in [2.24, 2.45) is 10.7 Å². The Kier molecular flexibility index (Phi) is 6.12. The first-order chi connectivity index (χ1) is 15.4. The number of nitrogens with zero attached hydrogens (tertiary/aromatic N) is 5. The maximum Gasteiger partial charge on any atom is 0.163 e. The molecule has 1 aliphatic rings. The Morgan fingerprint density at radius 2 is 2.00 bits per heavy atom. The van der Waals surface area contributed by atoms with E-state index >= 15 is 0 Å². The van der Waals surface area contributed by atoms with Gasteiger partial charge in [0.15, 0.2) is 5.65 Å². The van der Waals surface area contributed by atoms with Gasteiger partial charge < -0.3 is 10.6 Å². The minimum Gasteiger partial charge on any atom is -0.402 e. The topological polar surface area (TPSA) is 71.8 Å². The molecule has 0 bridgehead atoms. The van der Waals surface area contributed by atoms with Crippen molar-refractivity contribution in [1.29, 1.82) is 0 Å². The number of likely N-dealkylation sites (N-methyl/N-ethyl adjacent to an activating group) is 1. The summed E-state index contributed by atoms with van der Waals surface area (Å²) in [4.78, 5) is 7.25. The molecule has 1 fully saturated rings. The largest absolute Gasteiger partial charge is 0.402 e. The van der Waals surface area contributed by atoms with E-state index in [0.29, 0.717) is 6.04 Å². The molecule has 0 saturated heterocycles. The lowest BCUT2D eigenvalue weighted by Crippen LogP contribution is -2.31. The Morgan fingerprint density at radius 1 is 1.28 bits per heavy atom. The average Bonchev–Trinajstić information content (AvgIpc) is 3.56. The van der Waals surface area contributed by atoms with Crippen molar-refractivity contribution in [2.45, 2.75) is 52.1 Å². The van der Waals surface area contributed by atoms with Crippen LogP contribution in [0.4, 0.5) is 5.69 Å². The highest BCUT2D eigenvalue weighted by Crippen LogP contribution is 2.36. The fraction of sp³-hybridized carbons (Fsp3) is 0.346. The standard InChI is InChI=1S/C26H32N6/c1-6-22(27)24(23(7-2)28-20-13-14-20)25(19-11-9-8-10-12-19)31(5)21-15-17(3)26-30-29-18(4)32(26)16-21/h7-12,15-16,20,25H,2,6,13-14,27H2,1,3-5H3. The zero-order chi connectivity index (χ0) is 22.8. The van der Waals surface area contributed by atoms with Gasteiger partial charge in [-0.2, -0.15) is 0 Å². The van der Waals surface area contributed by atoms with Crippen LogP contribution < -0.4 is 10.6 Å². The van der Waals surface area contributed by atoms with E-state index in [1.165, 1.54) is 0 Å². The molecular weight excluding hydrogens is 396 g/mol. The second-order valence-corrected chi connectivity index (χ2v) is 8.49. The summed E-state index contributed by atoms with van der Waals surface area (Å²) >= 11 is 0. The van der Waals surface area contributed by atoms with Gasteiger partial charge >= 0.3 is 0 Å². The van der Waals surface area contributed by atoms with Gasteiger partial charge in [0.05, 0.1) is 23.5 Å². The Labute approximate surface area is 190 Å².